The molecular weight excluding hydrogens is 378 g/mol. The second-order valence-corrected chi connectivity index (χ2v) is 8.20. The predicted molar refractivity (Wildman–Crippen MR) is 127 cm³/mol. The quantitative estimate of drug-likeness (QED) is 0.455. The number of nitrogens with one attached hydrogen (secondary N) is 1. The summed E-state index contributed by atoms with van der Waals surface area (Å²) < 4.78 is 0. The number of piperazine rings is 1. The lowest BCUT2D eigenvalue weighted by Gasteiger charge is -2.36. The molecule has 3 rings (SSSR count). The molecule has 1 aliphatic rings. The Morgan fingerprint density at radius 3 is 2.52 bits per heavy atom. The molecule has 29 heavy (non-hydrogen) atoms. The van der Waals surface area contributed by atoms with Gasteiger partial charge in [0, 0.05) is 37.6 Å². The highest BCUT2D eigenvalue weighted by atomic mass is 32.1. The van der Waals surface area contributed by atoms with Gasteiger partial charge in [-0.1, -0.05) is 49.5 Å². The Bertz CT molecular complexity index is 760. The molecule has 1 atom stereocenters. The van der Waals surface area contributed by atoms with Gasteiger partial charge in [-0.15, -0.1) is 0 Å². The number of hydrogen-bond donors (Lipinski definition) is 2. The third-order valence-electron chi connectivity index (χ3n) is 5.57. The van der Waals surface area contributed by atoms with Crippen LogP contribution >= 0.6 is 12.2 Å². The van der Waals surface area contributed by atoms with E-state index in [1.807, 2.05) is 31.2 Å². The Kier molecular flexibility index (Phi) is 8.47. The summed E-state index contributed by atoms with van der Waals surface area (Å²) in [6, 6.07) is 18.6. The van der Waals surface area contributed by atoms with Crippen LogP contribution < -0.4 is 10.2 Å². The Labute approximate surface area is 180 Å². The molecule has 0 saturated carbocycles. The smallest absolute Gasteiger partial charge is 0.0794 e. The summed E-state index contributed by atoms with van der Waals surface area (Å²) in [5.41, 5.74) is 3.25. The summed E-state index contributed by atoms with van der Waals surface area (Å²) in [5, 5.41) is 13.8. The van der Waals surface area contributed by atoms with Gasteiger partial charge in [0.05, 0.1) is 11.1 Å². The largest absolute Gasteiger partial charge is 0.388 e. The van der Waals surface area contributed by atoms with Crippen LogP contribution in [0.3, 0.4) is 0 Å². The second kappa shape index (κ2) is 11.3. The number of aliphatic hydroxyl groups is 1. The first-order chi connectivity index (χ1) is 14.2. The summed E-state index contributed by atoms with van der Waals surface area (Å²) in [6.45, 7) is 7.56. The molecule has 156 valence electrons. The number of nitrogens with zero attached hydrogens (tertiary/aromatic N) is 2. The van der Waals surface area contributed by atoms with Crippen molar-refractivity contribution in [3.8, 4) is 0 Å². The van der Waals surface area contributed by atoms with Crippen molar-refractivity contribution < 1.29 is 5.11 Å². The van der Waals surface area contributed by atoms with Gasteiger partial charge in [0.1, 0.15) is 0 Å². The fourth-order valence-electron chi connectivity index (χ4n) is 3.78. The number of thiocarbonyl (C=S) groups is 1. The molecule has 5 heteroatoms. The molecule has 1 fully saturated rings. The van der Waals surface area contributed by atoms with Crippen LogP contribution in [0.5, 0.6) is 0 Å². The van der Waals surface area contributed by atoms with Crippen LogP contribution in [-0.2, 0) is 0 Å². The van der Waals surface area contributed by atoms with E-state index in [1.165, 1.54) is 5.69 Å². The summed E-state index contributed by atoms with van der Waals surface area (Å²) in [4.78, 5) is 5.83. The molecule has 2 aromatic rings. The zero-order valence-electron chi connectivity index (χ0n) is 17.4. The number of anilines is 2. The fourth-order valence-corrected chi connectivity index (χ4v) is 3.90. The molecule has 1 saturated heterocycles. The van der Waals surface area contributed by atoms with E-state index in [9.17, 15) is 5.11 Å². The van der Waals surface area contributed by atoms with Crippen LogP contribution in [0.1, 0.15) is 44.3 Å². The molecule has 0 radical (unpaired) electrons. The maximum atomic E-state index is 10.6. The minimum absolute atomic E-state index is 0.415. The lowest BCUT2D eigenvalue weighted by atomic mass is 10.0. The van der Waals surface area contributed by atoms with Gasteiger partial charge in [0.2, 0.25) is 0 Å². The minimum atomic E-state index is -0.415. The summed E-state index contributed by atoms with van der Waals surface area (Å²) in [5.74, 6) is 0. The van der Waals surface area contributed by atoms with Gasteiger partial charge in [-0.05, 0) is 62.1 Å². The van der Waals surface area contributed by atoms with Gasteiger partial charge in [-0.3, -0.25) is 4.90 Å². The SMILES string of the molecule is CCC(=S)Nc1cccc(C(O)CCCCN2CCN(c3ccccc3)CC2)c1. The number of hydrogen-bond acceptors (Lipinski definition) is 4. The van der Waals surface area contributed by atoms with Gasteiger partial charge < -0.3 is 15.3 Å². The number of rotatable bonds is 9. The van der Waals surface area contributed by atoms with E-state index in [4.69, 9.17) is 12.2 Å². The van der Waals surface area contributed by atoms with Crippen LogP contribution in [0, 0.1) is 0 Å². The third-order valence-corrected chi connectivity index (χ3v) is 5.96. The summed E-state index contributed by atoms with van der Waals surface area (Å²) >= 11 is 5.25. The van der Waals surface area contributed by atoms with Crippen molar-refractivity contribution in [1.82, 2.24) is 4.90 Å². The molecule has 0 bridgehead atoms. The molecule has 0 amide bonds. The van der Waals surface area contributed by atoms with E-state index < -0.39 is 6.10 Å². The van der Waals surface area contributed by atoms with Crippen molar-refractivity contribution in [3.05, 3.63) is 60.2 Å². The van der Waals surface area contributed by atoms with Crippen LogP contribution in [0.25, 0.3) is 0 Å². The molecule has 0 aromatic heterocycles. The van der Waals surface area contributed by atoms with Gasteiger partial charge in [-0.25, -0.2) is 0 Å². The normalized spacial score (nSPS) is 15.9. The summed E-state index contributed by atoms with van der Waals surface area (Å²) in [6.07, 6.45) is 3.36. The topological polar surface area (TPSA) is 38.7 Å². The monoisotopic (exact) mass is 411 g/mol. The number of aliphatic hydroxyl groups excluding tert-OH is 1. The zero-order valence-corrected chi connectivity index (χ0v) is 18.2. The van der Waals surface area contributed by atoms with Gasteiger partial charge in [0.15, 0.2) is 0 Å². The molecule has 2 aromatic carbocycles. The first-order valence-corrected chi connectivity index (χ1v) is 11.2. The van der Waals surface area contributed by atoms with Gasteiger partial charge in [-0.2, -0.15) is 0 Å². The average molecular weight is 412 g/mol. The highest BCUT2D eigenvalue weighted by Crippen LogP contribution is 2.23. The maximum absolute atomic E-state index is 10.6. The lowest BCUT2D eigenvalue weighted by Crippen LogP contribution is -2.46. The molecule has 1 heterocycles. The highest BCUT2D eigenvalue weighted by molar-refractivity contribution is 7.80. The zero-order chi connectivity index (χ0) is 20.5. The predicted octanol–water partition coefficient (Wildman–Crippen LogP) is 4.86. The van der Waals surface area contributed by atoms with E-state index in [1.54, 1.807) is 0 Å². The van der Waals surface area contributed by atoms with Crippen LogP contribution in [-0.4, -0.2) is 47.7 Å². The molecule has 4 nitrogen and oxygen atoms in total. The van der Waals surface area contributed by atoms with Crippen molar-refractivity contribution in [2.24, 2.45) is 0 Å². The van der Waals surface area contributed by atoms with E-state index in [0.29, 0.717) is 0 Å². The van der Waals surface area contributed by atoms with E-state index in [2.05, 4.69) is 45.4 Å². The molecular formula is C24H33N3OS. The van der Waals surface area contributed by atoms with Gasteiger partial charge in [0.25, 0.3) is 0 Å². The van der Waals surface area contributed by atoms with Crippen LogP contribution in [0.2, 0.25) is 0 Å². The number of unbranched alkanes of at least 4 members (excludes halogenated alkanes) is 1. The molecule has 0 spiro atoms. The Morgan fingerprint density at radius 1 is 1.03 bits per heavy atom. The first-order valence-electron chi connectivity index (χ1n) is 10.8. The van der Waals surface area contributed by atoms with Crippen molar-refractivity contribution in [1.29, 1.82) is 0 Å². The highest BCUT2D eigenvalue weighted by Gasteiger charge is 2.16. The van der Waals surface area contributed by atoms with Gasteiger partial charge >= 0.3 is 0 Å². The minimum Gasteiger partial charge on any atom is -0.388 e. The van der Waals surface area contributed by atoms with Crippen molar-refractivity contribution in [2.45, 2.75) is 38.7 Å². The van der Waals surface area contributed by atoms with Crippen molar-refractivity contribution in [2.75, 3.05) is 42.9 Å². The number of benzene rings is 2. The maximum Gasteiger partial charge on any atom is 0.0794 e. The second-order valence-electron chi connectivity index (χ2n) is 7.70. The third kappa shape index (κ3) is 6.81. The summed E-state index contributed by atoms with van der Waals surface area (Å²) in [7, 11) is 0. The first kappa shape index (κ1) is 21.8. The Hall–Kier alpha value is -1.95. The fraction of sp³-hybridized carbons (Fsp3) is 0.458. The van der Waals surface area contributed by atoms with Crippen LogP contribution in [0.15, 0.2) is 54.6 Å². The lowest BCUT2D eigenvalue weighted by molar-refractivity contribution is 0.160. The van der Waals surface area contributed by atoms with E-state index in [-0.39, 0.29) is 0 Å². The molecule has 1 unspecified atom stereocenters. The Morgan fingerprint density at radius 2 is 1.79 bits per heavy atom. The molecule has 0 aliphatic carbocycles. The average Bonchev–Trinajstić information content (AvgIpc) is 2.77. The van der Waals surface area contributed by atoms with Crippen molar-refractivity contribution >= 4 is 28.6 Å². The van der Waals surface area contributed by atoms with Crippen molar-refractivity contribution in [3.63, 3.8) is 0 Å². The standard InChI is InChI=1S/C24H33N3OS/c1-2-24(29)25-21-10-8-9-20(19-21)23(28)13-6-7-14-26-15-17-27(18-16-26)22-11-4-3-5-12-22/h3-5,8-12,19,23,28H,2,6-7,13-18H2,1H3,(H,25,29). The van der Waals surface area contributed by atoms with Crippen LogP contribution in [0.4, 0.5) is 11.4 Å². The molecule has 2 N–H and O–H groups in total. The Balaban J connectivity index is 1.35. The molecule has 1 aliphatic heterocycles. The van der Waals surface area contributed by atoms with E-state index in [0.717, 1.165) is 74.6 Å². The van der Waals surface area contributed by atoms with E-state index >= 15 is 0 Å². The number of para-hydroxylation sites is 1.